The van der Waals surface area contributed by atoms with E-state index in [0.29, 0.717) is 12.5 Å². The molecule has 36 heavy (non-hydrogen) atoms. The fourth-order valence-corrected chi connectivity index (χ4v) is 6.12. The number of aromatic nitrogens is 3. The number of anilines is 1. The topological polar surface area (TPSA) is 81.2 Å². The van der Waals surface area contributed by atoms with Crippen molar-refractivity contribution in [3.63, 3.8) is 0 Å². The molecule has 0 bridgehead atoms. The molecule has 8 nitrogen and oxygen atoms in total. The first-order chi connectivity index (χ1) is 17.1. The largest absolute Gasteiger partial charge is 0.495 e. The van der Waals surface area contributed by atoms with Crippen LogP contribution in [0.25, 0.3) is 26.0 Å². The summed E-state index contributed by atoms with van der Waals surface area (Å²) in [5.74, 6) is 1.40. The molecule has 0 radical (unpaired) electrons. The summed E-state index contributed by atoms with van der Waals surface area (Å²) in [5, 5.41) is 5.81. The van der Waals surface area contributed by atoms with E-state index in [1.807, 2.05) is 4.52 Å². The molecule has 0 spiro atoms. The third-order valence-corrected chi connectivity index (χ3v) is 8.01. The molecule has 3 aromatic heterocycles. The van der Waals surface area contributed by atoms with Crippen LogP contribution >= 0.6 is 11.3 Å². The van der Waals surface area contributed by atoms with Crippen LogP contribution in [0.15, 0.2) is 24.5 Å². The van der Waals surface area contributed by atoms with Crippen molar-refractivity contribution in [1.29, 1.82) is 0 Å². The van der Waals surface area contributed by atoms with E-state index < -0.39 is 0 Å². The molecule has 0 unspecified atom stereocenters. The molecule has 192 valence electrons. The maximum Gasteiger partial charge on any atom is 0.152 e. The Bertz CT molecular complexity index is 1400. The van der Waals surface area contributed by atoms with Crippen LogP contribution in [0.4, 0.5) is 5.82 Å². The Morgan fingerprint density at radius 3 is 2.47 bits per heavy atom. The lowest BCUT2D eigenvalue weighted by atomic mass is 10.1. The number of nitrogens with two attached hydrogens (primary N) is 1. The highest BCUT2D eigenvalue weighted by atomic mass is 32.1. The van der Waals surface area contributed by atoms with Crippen molar-refractivity contribution in [2.75, 3.05) is 45.8 Å². The van der Waals surface area contributed by atoms with Crippen LogP contribution in [-0.4, -0.2) is 70.0 Å². The summed E-state index contributed by atoms with van der Waals surface area (Å²) in [7, 11) is 1.73. The maximum atomic E-state index is 6.44. The van der Waals surface area contributed by atoms with Crippen molar-refractivity contribution < 1.29 is 9.47 Å². The van der Waals surface area contributed by atoms with Crippen LogP contribution in [0.1, 0.15) is 37.6 Å². The number of ether oxygens (including phenoxy) is 2. The number of hydrogen-bond donors (Lipinski definition) is 1. The number of aryl methyl sites for hydroxylation is 1. The van der Waals surface area contributed by atoms with Gasteiger partial charge < -0.3 is 15.2 Å². The lowest BCUT2D eigenvalue weighted by Gasteiger charge is -2.35. The molecule has 1 aliphatic heterocycles. The minimum atomic E-state index is -0.121. The summed E-state index contributed by atoms with van der Waals surface area (Å²) in [6.07, 6.45) is 1.55. The van der Waals surface area contributed by atoms with E-state index in [1.165, 1.54) is 16.5 Å². The van der Waals surface area contributed by atoms with Gasteiger partial charge in [-0.1, -0.05) is 6.07 Å². The van der Waals surface area contributed by atoms with Gasteiger partial charge in [-0.15, -0.1) is 11.3 Å². The second-order valence-corrected chi connectivity index (χ2v) is 11.7. The Morgan fingerprint density at radius 1 is 1.06 bits per heavy atom. The first-order valence-corrected chi connectivity index (χ1v) is 13.2. The van der Waals surface area contributed by atoms with Gasteiger partial charge in [0.2, 0.25) is 0 Å². The average Bonchev–Trinajstić information content (AvgIpc) is 3.37. The van der Waals surface area contributed by atoms with Gasteiger partial charge in [0.15, 0.2) is 5.82 Å². The van der Waals surface area contributed by atoms with Crippen LogP contribution < -0.4 is 10.5 Å². The molecule has 5 rings (SSSR count). The smallest absolute Gasteiger partial charge is 0.152 e. The van der Waals surface area contributed by atoms with Gasteiger partial charge in [0.25, 0.3) is 0 Å². The van der Waals surface area contributed by atoms with E-state index in [-0.39, 0.29) is 5.60 Å². The van der Waals surface area contributed by atoms with Gasteiger partial charge >= 0.3 is 0 Å². The third kappa shape index (κ3) is 4.80. The highest BCUT2D eigenvalue weighted by Gasteiger charge is 2.25. The fraction of sp³-hybridized carbons (Fsp3) is 0.481. The number of rotatable bonds is 6. The molecule has 1 aromatic carbocycles. The molecule has 0 amide bonds. The predicted octanol–water partition coefficient (Wildman–Crippen LogP) is 4.71. The fourth-order valence-electron chi connectivity index (χ4n) is 4.89. The molecule has 0 saturated carbocycles. The Hall–Kier alpha value is -2.72. The Balaban J connectivity index is 1.47. The lowest BCUT2D eigenvalue weighted by Crippen LogP contribution is -2.47. The lowest BCUT2D eigenvalue weighted by molar-refractivity contribution is -0.0745. The number of benzene rings is 1. The second-order valence-electron chi connectivity index (χ2n) is 10.6. The van der Waals surface area contributed by atoms with Gasteiger partial charge in [0.05, 0.1) is 29.8 Å². The molecule has 1 fully saturated rings. The normalized spacial score (nSPS) is 15.8. The number of nitrogens with zero attached hydrogens (tertiary/aromatic N) is 5. The van der Waals surface area contributed by atoms with E-state index in [9.17, 15) is 0 Å². The Morgan fingerprint density at radius 2 is 1.78 bits per heavy atom. The predicted molar refractivity (Wildman–Crippen MR) is 147 cm³/mol. The van der Waals surface area contributed by atoms with Gasteiger partial charge in [-0.05, 0) is 63.3 Å². The van der Waals surface area contributed by atoms with Crippen LogP contribution in [0.3, 0.4) is 0 Å². The molecule has 4 aromatic rings. The van der Waals surface area contributed by atoms with Crippen molar-refractivity contribution in [1.82, 2.24) is 24.4 Å². The number of methoxy groups -OCH3 is 1. The number of thiophene rings is 1. The molecule has 0 aliphatic carbocycles. The minimum Gasteiger partial charge on any atom is -0.495 e. The molecule has 1 saturated heterocycles. The van der Waals surface area contributed by atoms with E-state index in [1.54, 1.807) is 24.8 Å². The molecular weight excluding hydrogens is 472 g/mol. The zero-order valence-electron chi connectivity index (χ0n) is 22.1. The van der Waals surface area contributed by atoms with E-state index in [2.05, 4.69) is 72.7 Å². The van der Waals surface area contributed by atoms with E-state index >= 15 is 0 Å². The monoisotopic (exact) mass is 508 g/mol. The van der Waals surface area contributed by atoms with Crippen LogP contribution in [0, 0.1) is 13.8 Å². The quantitative estimate of drug-likeness (QED) is 0.404. The summed E-state index contributed by atoms with van der Waals surface area (Å²) < 4.78 is 14.8. The van der Waals surface area contributed by atoms with Crippen LogP contribution in [0.2, 0.25) is 0 Å². The number of hydrogen-bond acceptors (Lipinski definition) is 8. The minimum absolute atomic E-state index is 0.121. The number of fused-ring (bicyclic) bond motifs is 2. The first-order valence-electron chi connectivity index (χ1n) is 12.4. The van der Waals surface area contributed by atoms with E-state index in [0.717, 1.165) is 64.8 Å². The van der Waals surface area contributed by atoms with Gasteiger partial charge in [-0.3, -0.25) is 9.80 Å². The molecule has 0 atom stereocenters. The van der Waals surface area contributed by atoms with Crippen LogP contribution in [-0.2, 0) is 11.3 Å². The number of nitrogen functional groups attached to an aromatic ring is 1. The summed E-state index contributed by atoms with van der Waals surface area (Å²) >= 11 is 1.73. The molecule has 2 N–H and O–H groups in total. The summed E-state index contributed by atoms with van der Waals surface area (Å²) in [4.78, 5) is 10.4. The van der Waals surface area contributed by atoms with Crippen molar-refractivity contribution in [3.8, 4) is 16.2 Å². The molecular formula is C27H36N6O2S. The van der Waals surface area contributed by atoms with Crippen molar-refractivity contribution in [2.45, 2.75) is 46.8 Å². The summed E-state index contributed by atoms with van der Waals surface area (Å²) in [6, 6.07) is 6.53. The zero-order valence-corrected chi connectivity index (χ0v) is 22.9. The molecule has 1 aliphatic rings. The van der Waals surface area contributed by atoms with Crippen molar-refractivity contribution in [3.05, 3.63) is 41.3 Å². The second kappa shape index (κ2) is 9.63. The van der Waals surface area contributed by atoms with Gasteiger partial charge in [0, 0.05) is 43.2 Å². The van der Waals surface area contributed by atoms with Gasteiger partial charge in [-0.25, -0.2) is 9.50 Å². The Labute approximate surface area is 216 Å². The van der Waals surface area contributed by atoms with Gasteiger partial charge in [-0.2, -0.15) is 5.10 Å². The standard InChI is InChI=1S/C27H36N6O2S/c1-17-11-19-13-22(36-25(19)21(12-17)34-6)23-18(2)20(33-24(23)26(28)29-15-30-33)14-31-7-9-32(10-8-31)16-35-27(3,4)5/h11-13,15H,7-10,14,16H2,1-6H3,(H2,28,29,30). The molecule has 9 heteroatoms. The van der Waals surface area contributed by atoms with E-state index in [4.69, 9.17) is 15.2 Å². The highest BCUT2D eigenvalue weighted by molar-refractivity contribution is 7.22. The number of piperazine rings is 1. The summed E-state index contributed by atoms with van der Waals surface area (Å²) in [6.45, 7) is 16.0. The summed E-state index contributed by atoms with van der Waals surface area (Å²) in [5.41, 5.74) is 11.9. The van der Waals surface area contributed by atoms with Crippen molar-refractivity contribution in [2.24, 2.45) is 0 Å². The molecule has 4 heterocycles. The van der Waals surface area contributed by atoms with Gasteiger partial charge in [0.1, 0.15) is 17.6 Å². The van der Waals surface area contributed by atoms with Crippen molar-refractivity contribution >= 4 is 32.8 Å². The average molecular weight is 509 g/mol. The Kier molecular flexibility index (Phi) is 6.67. The maximum absolute atomic E-state index is 6.44. The first kappa shape index (κ1) is 25.0. The highest BCUT2D eigenvalue weighted by Crippen LogP contribution is 2.44. The SMILES string of the molecule is COc1cc(C)cc2cc(-c3c(C)c(CN4CCN(COC(C)(C)C)CC4)n4ncnc(N)c34)sc12. The zero-order chi connectivity index (χ0) is 25.6. The third-order valence-electron chi connectivity index (χ3n) is 6.83. The van der Waals surface area contributed by atoms with Crippen LogP contribution in [0.5, 0.6) is 5.75 Å².